The summed E-state index contributed by atoms with van der Waals surface area (Å²) in [5.74, 6) is 0. The van der Waals surface area contributed by atoms with Crippen molar-refractivity contribution in [2.24, 2.45) is 0 Å². The molecular weight excluding hydrogens is 470 g/mol. The highest BCUT2D eigenvalue weighted by Crippen LogP contribution is 2.16. The van der Waals surface area contributed by atoms with Crippen molar-refractivity contribution >= 4 is 10.4 Å². The van der Waals surface area contributed by atoms with E-state index in [2.05, 4.69) is 31.9 Å². The maximum Gasteiger partial charge on any atom is 0.217 e. The first kappa shape index (κ1) is 38.0. The van der Waals surface area contributed by atoms with Crippen LogP contribution in [0, 0.1) is 0 Å². The first-order chi connectivity index (χ1) is 17.3. The van der Waals surface area contributed by atoms with Gasteiger partial charge in [-0.15, -0.1) is 0 Å². The standard InChI is InChI=1S/C28H60N.C2H6O4S/c1-5-9-11-13-15-17-19-21-23-25-27-29(7-3,8-4)28-26-24-22-20-18-16-14-12-10-6-2;1-2-6-7(3,4)5/h5-28H2,1-4H3;2H2,1H3,(H,3,4,5)/q+1;/p-1. The van der Waals surface area contributed by atoms with Crippen molar-refractivity contribution in [2.75, 3.05) is 32.8 Å². The minimum absolute atomic E-state index is 0.0914. The van der Waals surface area contributed by atoms with Crippen LogP contribution in [0.5, 0.6) is 0 Å². The van der Waals surface area contributed by atoms with Gasteiger partial charge >= 0.3 is 0 Å². The topological polar surface area (TPSA) is 66.4 Å². The second-order valence-electron chi connectivity index (χ2n) is 10.6. The minimum Gasteiger partial charge on any atom is -0.726 e. The maximum absolute atomic E-state index is 9.45. The number of unbranched alkanes of at least 4 members (excludes halogenated alkanes) is 18. The molecule has 0 aromatic rings. The molecule has 0 radical (unpaired) electrons. The minimum atomic E-state index is -4.42. The average molecular weight is 536 g/mol. The summed E-state index contributed by atoms with van der Waals surface area (Å²) >= 11 is 0. The Balaban J connectivity index is 0. The normalized spacial score (nSPS) is 11.9. The maximum atomic E-state index is 9.45. The lowest BCUT2D eigenvalue weighted by Gasteiger charge is -2.37. The van der Waals surface area contributed by atoms with Crippen LogP contribution in [0.4, 0.5) is 0 Å². The van der Waals surface area contributed by atoms with Crippen molar-refractivity contribution in [1.29, 1.82) is 0 Å². The van der Waals surface area contributed by atoms with Crippen molar-refractivity contribution in [3.8, 4) is 0 Å². The van der Waals surface area contributed by atoms with Gasteiger partial charge in [0, 0.05) is 0 Å². The Hall–Kier alpha value is -0.170. The molecule has 0 rings (SSSR count). The number of quaternary nitrogens is 1. The molecule has 0 spiro atoms. The molecule has 0 unspecified atom stereocenters. The molecule has 0 aliphatic heterocycles. The molecule has 6 heteroatoms. The van der Waals surface area contributed by atoms with Crippen LogP contribution >= 0.6 is 0 Å². The third kappa shape index (κ3) is 28.4. The summed E-state index contributed by atoms with van der Waals surface area (Å²) in [6.45, 7) is 16.3. The van der Waals surface area contributed by atoms with Crippen LogP contribution < -0.4 is 0 Å². The van der Waals surface area contributed by atoms with Crippen molar-refractivity contribution in [3.05, 3.63) is 0 Å². The van der Waals surface area contributed by atoms with Crippen molar-refractivity contribution in [1.82, 2.24) is 0 Å². The Kier molecular flexibility index (Phi) is 29.4. The van der Waals surface area contributed by atoms with Crippen LogP contribution in [0.25, 0.3) is 0 Å². The molecule has 0 saturated heterocycles. The molecule has 5 nitrogen and oxygen atoms in total. The zero-order valence-electron chi connectivity index (χ0n) is 25.2. The molecule has 36 heavy (non-hydrogen) atoms. The SMILES string of the molecule is CCCCCCCCCCCC[N+](CC)(CC)CCCCCCCCCCCC.CCOS(=O)(=O)[O-]. The molecule has 0 atom stereocenters. The van der Waals surface area contributed by atoms with E-state index < -0.39 is 10.4 Å². The first-order valence-electron chi connectivity index (χ1n) is 15.8. The van der Waals surface area contributed by atoms with Gasteiger partial charge in [-0.05, 0) is 46.5 Å². The average Bonchev–Trinajstić information content (AvgIpc) is 2.85. The molecule has 0 saturated carbocycles. The number of hydrogen-bond acceptors (Lipinski definition) is 4. The number of hydrogen-bond donors (Lipinski definition) is 0. The van der Waals surface area contributed by atoms with Gasteiger partial charge in [-0.1, -0.05) is 117 Å². The Morgan fingerprint density at radius 1 is 0.500 bits per heavy atom. The number of nitrogens with zero attached hydrogens (tertiary/aromatic N) is 1. The Labute approximate surface area is 227 Å². The van der Waals surface area contributed by atoms with Gasteiger partial charge in [0.25, 0.3) is 0 Å². The van der Waals surface area contributed by atoms with Gasteiger partial charge in [0.05, 0.1) is 32.8 Å². The fourth-order valence-electron chi connectivity index (χ4n) is 4.98. The molecular formula is C30H65NO4S. The third-order valence-corrected chi connectivity index (χ3v) is 8.10. The smallest absolute Gasteiger partial charge is 0.217 e. The van der Waals surface area contributed by atoms with Gasteiger partial charge in [-0.3, -0.25) is 4.18 Å². The van der Waals surface area contributed by atoms with E-state index in [-0.39, 0.29) is 6.61 Å². The van der Waals surface area contributed by atoms with Crippen LogP contribution in [0.15, 0.2) is 0 Å². The monoisotopic (exact) mass is 535 g/mol. The van der Waals surface area contributed by atoms with Gasteiger partial charge in [-0.25, -0.2) is 8.42 Å². The predicted octanol–water partition coefficient (Wildman–Crippen LogP) is 9.17. The molecule has 0 bridgehead atoms. The van der Waals surface area contributed by atoms with E-state index in [0.29, 0.717) is 0 Å². The van der Waals surface area contributed by atoms with Crippen LogP contribution in [-0.4, -0.2) is 50.2 Å². The summed E-state index contributed by atoms with van der Waals surface area (Å²) in [4.78, 5) is 0. The largest absolute Gasteiger partial charge is 0.726 e. The van der Waals surface area contributed by atoms with Crippen molar-refractivity contribution in [2.45, 2.75) is 163 Å². The van der Waals surface area contributed by atoms with E-state index >= 15 is 0 Å². The second kappa shape index (κ2) is 27.9. The zero-order chi connectivity index (χ0) is 27.4. The van der Waals surface area contributed by atoms with Crippen molar-refractivity contribution < 1.29 is 21.6 Å². The van der Waals surface area contributed by atoms with Gasteiger partial charge in [0.2, 0.25) is 10.4 Å². The van der Waals surface area contributed by atoms with E-state index in [4.69, 9.17) is 0 Å². The van der Waals surface area contributed by atoms with Crippen LogP contribution in [-0.2, 0) is 14.6 Å². The van der Waals surface area contributed by atoms with Gasteiger partial charge in [-0.2, -0.15) is 0 Å². The van der Waals surface area contributed by atoms with Crippen LogP contribution in [0.2, 0.25) is 0 Å². The quantitative estimate of drug-likeness (QED) is 0.0479. The lowest BCUT2D eigenvalue weighted by atomic mass is 10.1. The molecule has 0 aromatic carbocycles. The lowest BCUT2D eigenvalue weighted by molar-refractivity contribution is -0.925. The van der Waals surface area contributed by atoms with Gasteiger partial charge in [0.15, 0.2) is 0 Å². The Morgan fingerprint density at radius 2 is 0.778 bits per heavy atom. The van der Waals surface area contributed by atoms with E-state index in [1.54, 1.807) is 0 Å². The Bertz CT molecular complexity index is 495. The van der Waals surface area contributed by atoms with Crippen LogP contribution in [0.3, 0.4) is 0 Å². The molecule has 220 valence electrons. The molecule has 0 aromatic heterocycles. The Morgan fingerprint density at radius 3 is 0.972 bits per heavy atom. The van der Waals surface area contributed by atoms with E-state index in [9.17, 15) is 13.0 Å². The predicted molar refractivity (Wildman–Crippen MR) is 156 cm³/mol. The molecule has 0 aliphatic rings. The fraction of sp³-hybridized carbons (Fsp3) is 1.00. The molecule has 0 fully saturated rings. The molecule has 0 amide bonds. The summed E-state index contributed by atoms with van der Waals surface area (Å²) in [6, 6.07) is 0. The number of rotatable bonds is 26. The second-order valence-corrected chi connectivity index (χ2v) is 11.7. The fourth-order valence-corrected chi connectivity index (χ4v) is 5.27. The van der Waals surface area contributed by atoms with E-state index in [0.717, 1.165) is 0 Å². The van der Waals surface area contributed by atoms with E-state index in [1.807, 2.05) is 0 Å². The highest BCUT2D eigenvalue weighted by Gasteiger charge is 2.21. The molecule has 0 aliphatic carbocycles. The van der Waals surface area contributed by atoms with Crippen molar-refractivity contribution in [3.63, 3.8) is 0 Å². The van der Waals surface area contributed by atoms with E-state index in [1.165, 1.54) is 166 Å². The summed E-state index contributed by atoms with van der Waals surface area (Å²) in [6.07, 6.45) is 29.1. The molecule has 0 N–H and O–H groups in total. The summed E-state index contributed by atoms with van der Waals surface area (Å²) < 4.78 is 33.4. The highest BCUT2D eigenvalue weighted by atomic mass is 32.3. The summed E-state index contributed by atoms with van der Waals surface area (Å²) in [5, 5.41) is 0. The van der Waals surface area contributed by atoms with Gasteiger partial charge in [0.1, 0.15) is 0 Å². The highest BCUT2D eigenvalue weighted by molar-refractivity contribution is 7.80. The molecule has 0 heterocycles. The summed E-state index contributed by atoms with van der Waals surface area (Å²) in [7, 11) is -4.42. The summed E-state index contributed by atoms with van der Waals surface area (Å²) in [5.41, 5.74) is 0. The first-order valence-corrected chi connectivity index (χ1v) is 17.1. The third-order valence-electron chi connectivity index (χ3n) is 7.58. The zero-order valence-corrected chi connectivity index (χ0v) is 26.0. The van der Waals surface area contributed by atoms with Gasteiger partial charge < -0.3 is 9.04 Å². The lowest BCUT2D eigenvalue weighted by Crippen LogP contribution is -2.49. The van der Waals surface area contributed by atoms with Crippen LogP contribution in [0.1, 0.15) is 163 Å².